The number of aromatic nitrogens is 1. The Morgan fingerprint density at radius 3 is 2.39 bits per heavy atom. The molecule has 1 amide bonds. The molecule has 0 bridgehead atoms. The number of ether oxygens (including phenoxy) is 1. The minimum Gasteiger partial charge on any atom is -0.497 e. The van der Waals surface area contributed by atoms with Crippen LogP contribution in [0.4, 0.5) is 13.2 Å². The second-order valence-corrected chi connectivity index (χ2v) is 4.78. The van der Waals surface area contributed by atoms with Crippen molar-refractivity contribution in [3.8, 4) is 5.75 Å². The number of carbonyl (C=O) groups is 1. The summed E-state index contributed by atoms with van der Waals surface area (Å²) in [5.41, 5.74) is 0.0802. The predicted octanol–water partition coefficient (Wildman–Crippen LogP) is 3.08. The van der Waals surface area contributed by atoms with Crippen LogP contribution in [0.2, 0.25) is 0 Å². The number of rotatable bonds is 5. The molecule has 4 nitrogen and oxygen atoms in total. The monoisotopic (exact) mass is 324 g/mol. The van der Waals surface area contributed by atoms with Crippen molar-refractivity contribution in [3.05, 3.63) is 59.4 Å². The Labute approximate surface area is 131 Å². The Kier molecular flexibility index (Phi) is 5.20. The molecule has 0 aliphatic carbocycles. The van der Waals surface area contributed by atoms with Crippen LogP contribution in [0.3, 0.4) is 0 Å². The molecule has 0 fully saturated rings. The van der Waals surface area contributed by atoms with Crippen LogP contribution in [-0.2, 0) is 12.6 Å². The SMILES string of the molecule is COc1ccc(CCNC(=O)c2ccc(C(F)(F)F)nc2)cc1. The molecular weight excluding hydrogens is 309 g/mol. The number of nitrogens with zero attached hydrogens (tertiary/aromatic N) is 1. The lowest BCUT2D eigenvalue weighted by Gasteiger charge is -2.08. The van der Waals surface area contributed by atoms with Gasteiger partial charge in [-0.05, 0) is 36.2 Å². The van der Waals surface area contributed by atoms with Crippen LogP contribution < -0.4 is 10.1 Å². The van der Waals surface area contributed by atoms with Crippen molar-refractivity contribution in [1.29, 1.82) is 0 Å². The molecule has 7 heteroatoms. The third-order valence-electron chi connectivity index (χ3n) is 3.17. The van der Waals surface area contributed by atoms with Crippen molar-refractivity contribution >= 4 is 5.91 Å². The fraction of sp³-hybridized carbons (Fsp3) is 0.250. The molecule has 0 aliphatic rings. The molecule has 0 spiro atoms. The highest BCUT2D eigenvalue weighted by molar-refractivity contribution is 5.93. The lowest BCUT2D eigenvalue weighted by Crippen LogP contribution is -2.26. The molecule has 2 aromatic rings. The third-order valence-corrected chi connectivity index (χ3v) is 3.17. The molecule has 1 N–H and O–H groups in total. The highest BCUT2D eigenvalue weighted by atomic mass is 19.4. The van der Waals surface area contributed by atoms with Gasteiger partial charge in [-0.1, -0.05) is 12.1 Å². The van der Waals surface area contributed by atoms with Crippen LogP contribution in [0.5, 0.6) is 5.75 Å². The van der Waals surface area contributed by atoms with Gasteiger partial charge in [0.2, 0.25) is 0 Å². The Hall–Kier alpha value is -2.57. The van der Waals surface area contributed by atoms with Crippen LogP contribution in [-0.4, -0.2) is 24.5 Å². The highest BCUT2D eigenvalue weighted by Crippen LogP contribution is 2.27. The number of benzene rings is 1. The number of hydrogen-bond donors (Lipinski definition) is 1. The van der Waals surface area contributed by atoms with Crippen molar-refractivity contribution in [2.45, 2.75) is 12.6 Å². The zero-order chi connectivity index (χ0) is 16.9. The molecule has 2 rings (SSSR count). The van der Waals surface area contributed by atoms with Gasteiger partial charge in [0.25, 0.3) is 5.91 Å². The molecule has 1 heterocycles. The van der Waals surface area contributed by atoms with Crippen LogP contribution >= 0.6 is 0 Å². The molecule has 0 atom stereocenters. The Balaban J connectivity index is 1.86. The summed E-state index contributed by atoms with van der Waals surface area (Å²) in [6.45, 7) is 0.367. The summed E-state index contributed by atoms with van der Waals surface area (Å²) in [6.07, 6.45) is -2.99. The fourth-order valence-electron chi connectivity index (χ4n) is 1.91. The van der Waals surface area contributed by atoms with Gasteiger partial charge < -0.3 is 10.1 Å². The van der Waals surface area contributed by atoms with Gasteiger partial charge in [0.05, 0.1) is 12.7 Å². The van der Waals surface area contributed by atoms with Gasteiger partial charge in [-0.15, -0.1) is 0 Å². The maximum atomic E-state index is 12.4. The van der Waals surface area contributed by atoms with Crippen molar-refractivity contribution < 1.29 is 22.7 Å². The summed E-state index contributed by atoms with van der Waals surface area (Å²) in [5, 5.41) is 2.64. The standard InChI is InChI=1S/C16H15F3N2O2/c1-23-13-5-2-11(3-6-13)8-9-20-15(22)12-4-7-14(21-10-12)16(17,18)19/h2-7,10H,8-9H2,1H3,(H,20,22). The van der Waals surface area contributed by atoms with E-state index >= 15 is 0 Å². The van der Waals surface area contributed by atoms with Crippen LogP contribution in [0.15, 0.2) is 42.6 Å². The average Bonchev–Trinajstić information content (AvgIpc) is 2.54. The quantitative estimate of drug-likeness (QED) is 0.919. The van der Waals surface area contributed by atoms with Crippen molar-refractivity contribution in [1.82, 2.24) is 10.3 Å². The van der Waals surface area contributed by atoms with Crippen molar-refractivity contribution in [2.75, 3.05) is 13.7 Å². The first kappa shape index (κ1) is 16.8. The minimum absolute atomic E-state index is 0.0905. The number of alkyl halides is 3. The van der Waals surface area contributed by atoms with E-state index in [0.717, 1.165) is 29.6 Å². The average molecular weight is 324 g/mol. The van der Waals surface area contributed by atoms with Gasteiger partial charge in [-0.25, -0.2) is 0 Å². The molecule has 0 radical (unpaired) electrons. The number of nitrogens with one attached hydrogen (secondary N) is 1. The smallest absolute Gasteiger partial charge is 0.433 e. The topological polar surface area (TPSA) is 51.2 Å². The van der Waals surface area contributed by atoms with E-state index in [4.69, 9.17) is 4.74 Å². The predicted molar refractivity (Wildman–Crippen MR) is 78.3 cm³/mol. The summed E-state index contributed by atoms with van der Waals surface area (Å²) >= 11 is 0. The molecule has 122 valence electrons. The van der Waals surface area contributed by atoms with E-state index in [1.54, 1.807) is 7.11 Å². The van der Waals surface area contributed by atoms with Gasteiger partial charge in [-0.2, -0.15) is 13.2 Å². The van der Waals surface area contributed by atoms with E-state index in [2.05, 4.69) is 10.3 Å². The zero-order valence-corrected chi connectivity index (χ0v) is 12.4. The number of methoxy groups -OCH3 is 1. The van der Waals surface area contributed by atoms with Crippen LogP contribution in [0.1, 0.15) is 21.6 Å². The van der Waals surface area contributed by atoms with Crippen LogP contribution in [0, 0.1) is 0 Å². The normalized spacial score (nSPS) is 11.1. The van der Waals surface area contributed by atoms with Crippen LogP contribution in [0.25, 0.3) is 0 Å². The van der Waals surface area contributed by atoms with E-state index < -0.39 is 17.8 Å². The Morgan fingerprint density at radius 1 is 1.17 bits per heavy atom. The first-order valence-corrected chi connectivity index (χ1v) is 6.84. The molecule has 1 aromatic heterocycles. The highest BCUT2D eigenvalue weighted by Gasteiger charge is 2.32. The summed E-state index contributed by atoms with van der Waals surface area (Å²) < 4.78 is 42.2. The first-order chi connectivity index (χ1) is 10.9. The summed E-state index contributed by atoms with van der Waals surface area (Å²) in [7, 11) is 1.58. The second kappa shape index (κ2) is 7.13. The first-order valence-electron chi connectivity index (χ1n) is 6.84. The second-order valence-electron chi connectivity index (χ2n) is 4.78. The lowest BCUT2D eigenvalue weighted by molar-refractivity contribution is -0.141. The molecule has 0 unspecified atom stereocenters. The Bertz CT molecular complexity index is 653. The van der Waals surface area contributed by atoms with Gasteiger partial charge in [0.15, 0.2) is 0 Å². The van der Waals surface area contributed by atoms with Gasteiger partial charge in [0.1, 0.15) is 11.4 Å². The van der Waals surface area contributed by atoms with E-state index in [1.165, 1.54) is 0 Å². The van der Waals surface area contributed by atoms with Gasteiger partial charge in [-0.3, -0.25) is 9.78 Å². The van der Waals surface area contributed by atoms with Gasteiger partial charge >= 0.3 is 6.18 Å². The minimum atomic E-state index is -4.51. The van der Waals surface area contributed by atoms with Gasteiger partial charge in [0, 0.05) is 12.7 Å². The van der Waals surface area contributed by atoms with E-state index in [9.17, 15) is 18.0 Å². The number of amides is 1. The maximum absolute atomic E-state index is 12.4. The lowest BCUT2D eigenvalue weighted by atomic mass is 10.1. The third kappa shape index (κ3) is 4.70. The maximum Gasteiger partial charge on any atom is 0.433 e. The summed E-state index contributed by atoms with van der Waals surface area (Å²) in [5.74, 6) is 0.286. The largest absolute Gasteiger partial charge is 0.497 e. The fourth-order valence-corrected chi connectivity index (χ4v) is 1.91. The molecule has 0 saturated heterocycles. The number of hydrogen-bond acceptors (Lipinski definition) is 3. The van der Waals surface area contributed by atoms with E-state index in [1.807, 2.05) is 24.3 Å². The number of pyridine rings is 1. The molecule has 1 aromatic carbocycles. The van der Waals surface area contributed by atoms with Crippen molar-refractivity contribution in [2.24, 2.45) is 0 Å². The van der Waals surface area contributed by atoms with E-state index in [-0.39, 0.29) is 5.56 Å². The molecule has 0 saturated carbocycles. The Morgan fingerprint density at radius 2 is 1.87 bits per heavy atom. The number of carbonyl (C=O) groups excluding carboxylic acids is 1. The van der Waals surface area contributed by atoms with E-state index in [0.29, 0.717) is 13.0 Å². The number of halogens is 3. The van der Waals surface area contributed by atoms with Crippen molar-refractivity contribution in [3.63, 3.8) is 0 Å². The summed E-state index contributed by atoms with van der Waals surface area (Å²) in [6, 6.07) is 9.29. The molecular formula is C16H15F3N2O2. The zero-order valence-electron chi connectivity index (χ0n) is 12.4. The molecule has 23 heavy (non-hydrogen) atoms. The molecule has 0 aliphatic heterocycles. The summed E-state index contributed by atoms with van der Waals surface area (Å²) in [4.78, 5) is 15.1.